The molecule has 0 aliphatic rings. The molecule has 0 aliphatic carbocycles. The Balaban J connectivity index is 2.30. The molecule has 0 fully saturated rings. The molecule has 90 valence electrons. The maximum atomic E-state index is 12.1. The van der Waals surface area contributed by atoms with Gasteiger partial charge in [-0.3, -0.25) is 4.40 Å². The van der Waals surface area contributed by atoms with Gasteiger partial charge in [0.05, 0.1) is 5.52 Å². The molecule has 0 saturated carbocycles. The number of aryl methyl sites for hydroxylation is 1. The molecule has 2 heterocycles. The molecule has 0 aliphatic heterocycles. The van der Waals surface area contributed by atoms with Crippen LogP contribution in [0.3, 0.4) is 0 Å². The second kappa shape index (κ2) is 3.88. The summed E-state index contributed by atoms with van der Waals surface area (Å²) in [6.45, 7) is 1.94. The normalized spacial score (nSPS) is 11.0. The first-order valence-electron chi connectivity index (χ1n) is 5.91. The second-order valence-corrected chi connectivity index (χ2v) is 4.52. The van der Waals surface area contributed by atoms with E-state index >= 15 is 0 Å². The van der Waals surface area contributed by atoms with Gasteiger partial charge in [-0.25, -0.2) is 4.79 Å². The Morgan fingerprint density at radius 2 is 1.72 bits per heavy atom. The van der Waals surface area contributed by atoms with Crippen LogP contribution in [0.15, 0.2) is 53.5 Å². The Hall–Kier alpha value is -2.29. The lowest BCUT2D eigenvalue weighted by Crippen LogP contribution is -2.24. The lowest BCUT2D eigenvalue weighted by molar-refractivity contribution is 0.760. The molecule has 0 radical (unpaired) electrons. The first kappa shape index (κ1) is 10.8. The smallest absolute Gasteiger partial charge is 0.301 e. The van der Waals surface area contributed by atoms with Crippen molar-refractivity contribution < 1.29 is 0 Å². The highest BCUT2D eigenvalue weighted by Gasteiger charge is 2.06. The minimum atomic E-state index is -0.00724. The van der Waals surface area contributed by atoms with Crippen molar-refractivity contribution in [2.45, 2.75) is 6.92 Å². The van der Waals surface area contributed by atoms with Gasteiger partial charge in [-0.2, -0.15) is 0 Å². The van der Waals surface area contributed by atoms with Gasteiger partial charge < -0.3 is 4.57 Å². The van der Waals surface area contributed by atoms with Crippen LogP contribution in [-0.4, -0.2) is 8.97 Å². The van der Waals surface area contributed by atoms with Crippen LogP contribution in [0, 0.1) is 6.92 Å². The average Bonchev–Trinajstić information content (AvgIpc) is 2.81. The van der Waals surface area contributed by atoms with Crippen LogP contribution in [0.4, 0.5) is 0 Å². The zero-order valence-electron chi connectivity index (χ0n) is 10.4. The lowest BCUT2D eigenvalue weighted by Gasteiger charge is -2.03. The highest BCUT2D eigenvalue weighted by atomic mass is 16.1. The molecule has 0 amide bonds. The Kier molecular flexibility index (Phi) is 2.33. The molecule has 3 nitrogen and oxygen atoms in total. The van der Waals surface area contributed by atoms with Crippen LogP contribution in [0.2, 0.25) is 0 Å². The molecule has 0 N–H and O–H groups in total. The summed E-state index contributed by atoms with van der Waals surface area (Å²) in [5, 5.41) is 0. The van der Waals surface area contributed by atoms with Crippen LogP contribution < -0.4 is 5.69 Å². The lowest BCUT2D eigenvalue weighted by atomic mass is 10.1. The summed E-state index contributed by atoms with van der Waals surface area (Å²) in [5.41, 5.74) is 4.09. The summed E-state index contributed by atoms with van der Waals surface area (Å²) < 4.78 is 3.34. The van der Waals surface area contributed by atoms with Crippen molar-refractivity contribution in [1.29, 1.82) is 0 Å². The maximum Gasteiger partial charge on any atom is 0.332 e. The van der Waals surface area contributed by atoms with Gasteiger partial charge in [-0.15, -0.1) is 0 Å². The predicted molar refractivity (Wildman–Crippen MR) is 72.8 cm³/mol. The fraction of sp³-hybridized carbons (Fsp3) is 0.133. The molecule has 18 heavy (non-hydrogen) atoms. The van der Waals surface area contributed by atoms with E-state index in [4.69, 9.17) is 0 Å². The Labute approximate surface area is 105 Å². The topological polar surface area (TPSA) is 26.4 Å². The molecule has 0 atom stereocenters. The second-order valence-electron chi connectivity index (χ2n) is 4.52. The number of nitrogens with zero attached hydrogens (tertiary/aromatic N) is 2. The van der Waals surface area contributed by atoms with E-state index in [1.165, 1.54) is 0 Å². The van der Waals surface area contributed by atoms with Crippen LogP contribution in [-0.2, 0) is 7.05 Å². The largest absolute Gasteiger partial charge is 0.332 e. The molecular formula is C15H14N2O. The molecule has 0 spiro atoms. The Morgan fingerprint density at radius 1 is 1.00 bits per heavy atom. The molecule has 0 unspecified atom stereocenters. The van der Waals surface area contributed by atoms with Crippen LogP contribution >= 0.6 is 0 Å². The van der Waals surface area contributed by atoms with Gasteiger partial charge in [0.25, 0.3) is 0 Å². The van der Waals surface area contributed by atoms with Crippen molar-refractivity contribution in [1.82, 2.24) is 8.97 Å². The van der Waals surface area contributed by atoms with Crippen molar-refractivity contribution in [3.05, 3.63) is 64.8 Å². The fourth-order valence-electron chi connectivity index (χ4n) is 2.17. The third kappa shape index (κ3) is 1.56. The van der Waals surface area contributed by atoms with E-state index in [1.54, 1.807) is 16.0 Å². The minimum Gasteiger partial charge on any atom is -0.301 e. The molecule has 0 saturated heterocycles. The third-order valence-electron chi connectivity index (χ3n) is 3.34. The molecule has 2 aromatic heterocycles. The maximum absolute atomic E-state index is 12.1. The van der Waals surface area contributed by atoms with Gasteiger partial charge in [0.1, 0.15) is 0 Å². The monoisotopic (exact) mass is 238 g/mol. The number of hydrogen-bond donors (Lipinski definition) is 0. The molecule has 0 bridgehead atoms. The molecular weight excluding hydrogens is 224 g/mol. The molecule has 3 aromatic rings. The zero-order valence-corrected chi connectivity index (χ0v) is 10.4. The van der Waals surface area contributed by atoms with Gasteiger partial charge in [-0.1, -0.05) is 30.3 Å². The third-order valence-corrected chi connectivity index (χ3v) is 3.34. The van der Waals surface area contributed by atoms with Gasteiger partial charge >= 0.3 is 5.69 Å². The first-order valence-corrected chi connectivity index (χ1v) is 5.91. The zero-order chi connectivity index (χ0) is 12.7. The van der Waals surface area contributed by atoms with E-state index in [2.05, 4.69) is 0 Å². The van der Waals surface area contributed by atoms with E-state index in [0.29, 0.717) is 0 Å². The van der Waals surface area contributed by atoms with Gasteiger partial charge in [0.15, 0.2) is 0 Å². The van der Waals surface area contributed by atoms with Crippen molar-refractivity contribution >= 4 is 5.52 Å². The number of aromatic nitrogens is 2. The van der Waals surface area contributed by atoms with Crippen molar-refractivity contribution in [2.24, 2.45) is 7.05 Å². The summed E-state index contributed by atoms with van der Waals surface area (Å²) in [7, 11) is 1.79. The SMILES string of the molecule is Cc1cc2cc(-c3ccccc3)cn2c(=O)n1C. The summed E-state index contributed by atoms with van der Waals surface area (Å²) in [6.07, 6.45) is 1.90. The fourth-order valence-corrected chi connectivity index (χ4v) is 2.17. The van der Waals surface area contributed by atoms with Crippen molar-refractivity contribution in [3.63, 3.8) is 0 Å². The summed E-state index contributed by atoms with van der Waals surface area (Å²) >= 11 is 0. The van der Waals surface area contributed by atoms with Gasteiger partial charge in [0.2, 0.25) is 0 Å². The Morgan fingerprint density at radius 3 is 2.44 bits per heavy atom. The first-order chi connectivity index (χ1) is 8.66. The highest BCUT2D eigenvalue weighted by molar-refractivity contribution is 5.70. The minimum absolute atomic E-state index is 0.00724. The van der Waals surface area contributed by atoms with Crippen LogP contribution in [0.1, 0.15) is 5.69 Å². The van der Waals surface area contributed by atoms with E-state index < -0.39 is 0 Å². The number of fused-ring (bicyclic) bond motifs is 1. The molecule has 3 heteroatoms. The number of benzene rings is 1. The van der Waals surface area contributed by atoms with Crippen LogP contribution in [0.25, 0.3) is 16.6 Å². The summed E-state index contributed by atoms with van der Waals surface area (Å²) in [4.78, 5) is 12.1. The van der Waals surface area contributed by atoms with Gasteiger partial charge in [-0.05, 0) is 24.6 Å². The summed E-state index contributed by atoms with van der Waals surface area (Å²) in [5.74, 6) is 0. The number of hydrogen-bond acceptors (Lipinski definition) is 1. The molecule has 3 rings (SSSR count). The van der Waals surface area contributed by atoms with Crippen LogP contribution in [0.5, 0.6) is 0 Å². The molecule has 1 aromatic carbocycles. The van der Waals surface area contributed by atoms with E-state index in [0.717, 1.165) is 22.3 Å². The van der Waals surface area contributed by atoms with Crippen molar-refractivity contribution in [2.75, 3.05) is 0 Å². The quantitative estimate of drug-likeness (QED) is 0.640. The Bertz CT molecular complexity index is 766. The van der Waals surface area contributed by atoms with Gasteiger partial charge in [0, 0.05) is 24.5 Å². The number of rotatable bonds is 1. The van der Waals surface area contributed by atoms with Crippen molar-refractivity contribution in [3.8, 4) is 11.1 Å². The van der Waals surface area contributed by atoms with E-state index in [9.17, 15) is 4.79 Å². The predicted octanol–water partition coefficient (Wildman–Crippen LogP) is 2.61. The summed E-state index contributed by atoms with van der Waals surface area (Å²) in [6, 6.07) is 14.2. The van der Waals surface area contributed by atoms with E-state index in [1.807, 2.05) is 55.6 Å². The highest BCUT2D eigenvalue weighted by Crippen LogP contribution is 2.21. The standard InChI is InChI=1S/C15H14N2O/c1-11-8-14-9-13(12-6-4-3-5-7-12)10-17(14)15(18)16(11)2/h3-10H,1-2H3. The van der Waals surface area contributed by atoms with E-state index in [-0.39, 0.29) is 5.69 Å². The average molecular weight is 238 g/mol.